The molecule has 0 saturated heterocycles. The molecule has 0 heterocycles. The first-order valence-corrected chi connectivity index (χ1v) is 31.3. The highest BCUT2D eigenvalue weighted by molar-refractivity contribution is 7.47. The van der Waals surface area contributed by atoms with Crippen LogP contribution in [0.5, 0.6) is 0 Å². The van der Waals surface area contributed by atoms with Gasteiger partial charge in [-0.25, -0.2) is 4.57 Å². The summed E-state index contributed by atoms with van der Waals surface area (Å²) in [6.07, 6.45) is 40.1. The first-order chi connectivity index (χ1) is 34.4. The fraction of sp³-hybridized carbons (Fsp3) is 0.965. The maximum atomic E-state index is 12.9. The molecule has 0 aromatic heterocycles. The fourth-order valence-electron chi connectivity index (χ4n) is 9.70. The molecule has 1 fully saturated rings. The Hall–Kier alpha value is -1.15. The van der Waals surface area contributed by atoms with Crippen molar-refractivity contribution >= 4 is 19.8 Å². The number of phosphoric acid groups is 1. The van der Waals surface area contributed by atoms with Crippen LogP contribution >= 0.6 is 7.82 Å². The molecule has 1 rings (SSSR count). The minimum absolute atomic E-state index is 0.106. The molecule has 6 atom stereocenters. The van der Waals surface area contributed by atoms with Crippen molar-refractivity contribution in [2.45, 2.75) is 339 Å². The molecule has 422 valence electrons. The fourth-order valence-corrected chi connectivity index (χ4v) is 10.7. The number of rotatable bonds is 52. The van der Waals surface area contributed by atoms with Crippen LogP contribution in [0.3, 0.4) is 0 Å². The Balaban J connectivity index is 2.30. The number of carbonyl (C=O) groups is 2. The van der Waals surface area contributed by atoms with Gasteiger partial charge >= 0.3 is 19.8 Å². The summed E-state index contributed by atoms with van der Waals surface area (Å²) in [6, 6.07) is 0. The highest BCUT2D eigenvalue weighted by Crippen LogP contribution is 2.47. The number of ether oxygens (including phenoxy) is 2. The van der Waals surface area contributed by atoms with E-state index >= 15 is 0 Å². The van der Waals surface area contributed by atoms with E-state index in [1.54, 1.807) is 0 Å². The van der Waals surface area contributed by atoms with Gasteiger partial charge in [0.2, 0.25) is 0 Å². The van der Waals surface area contributed by atoms with Crippen LogP contribution < -0.4 is 0 Å². The molecule has 1 saturated carbocycles. The molecule has 0 spiro atoms. The lowest BCUT2D eigenvalue weighted by molar-refractivity contribution is -0.220. The molecule has 0 aliphatic heterocycles. The van der Waals surface area contributed by atoms with Crippen LogP contribution in [0.25, 0.3) is 0 Å². The lowest BCUT2D eigenvalue weighted by atomic mass is 9.85. The summed E-state index contributed by atoms with van der Waals surface area (Å²) >= 11 is 0. The van der Waals surface area contributed by atoms with Gasteiger partial charge in [-0.1, -0.05) is 271 Å². The summed E-state index contributed by atoms with van der Waals surface area (Å²) in [5, 5.41) is 50.4. The molecule has 6 N–H and O–H groups in total. The highest BCUT2D eigenvalue weighted by atomic mass is 31.2. The minimum Gasteiger partial charge on any atom is -0.462 e. The van der Waals surface area contributed by atoms with Crippen molar-refractivity contribution in [1.29, 1.82) is 0 Å². The van der Waals surface area contributed by atoms with E-state index in [9.17, 15) is 44.6 Å². The molecule has 14 heteroatoms. The maximum absolute atomic E-state index is 12.9. The molecule has 0 aromatic rings. The second-order valence-electron chi connectivity index (χ2n) is 21.2. The predicted octanol–water partition coefficient (Wildman–Crippen LogP) is 14.0. The third-order valence-corrected chi connectivity index (χ3v) is 15.4. The van der Waals surface area contributed by atoms with Gasteiger partial charge in [0.1, 0.15) is 43.2 Å². The van der Waals surface area contributed by atoms with Crippen LogP contribution in [-0.4, -0.2) is 98.3 Å². The predicted molar refractivity (Wildman–Crippen MR) is 286 cm³/mol. The van der Waals surface area contributed by atoms with Gasteiger partial charge in [-0.2, -0.15) is 0 Å². The summed E-state index contributed by atoms with van der Waals surface area (Å²) in [5.74, 6) is -1.07. The van der Waals surface area contributed by atoms with Crippen LogP contribution in [0.15, 0.2) is 0 Å². The van der Waals surface area contributed by atoms with Crippen molar-refractivity contribution in [2.75, 3.05) is 13.2 Å². The summed E-state index contributed by atoms with van der Waals surface area (Å²) in [5.41, 5.74) is 0. The molecule has 1 aliphatic carbocycles. The average molecular weight is 1040 g/mol. The van der Waals surface area contributed by atoms with E-state index in [1.807, 2.05) is 0 Å². The Kier molecular flexibility index (Phi) is 45.2. The van der Waals surface area contributed by atoms with Gasteiger partial charge in [0.25, 0.3) is 0 Å². The smallest absolute Gasteiger partial charge is 0.462 e. The zero-order chi connectivity index (χ0) is 52.1. The molecule has 13 nitrogen and oxygen atoms in total. The van der Waals surface area contributed by atoms with E-state index in [4.69, 9.17) is 18.5 Å². The lowest BCUT2D eigenvalue weighted by Crippen LogP contribution is -2.64. The standard InChI is InChI=1S/C57H111O13P/c1-3-5-7-9-11-13-15-17-19-21-23-25-27-29-31-33-35-37-39-41-43-45-50(58)67-47-49(48-68-71(65,66)70-57-55(63)53(61)52(60)54(62)56(57)64)69-51(59)46-44-42-40-38-36-34-32-30-28-26-24-22-20-18-16-14-12-10-8-6-4-2/h49,52-57,60-64H,3-48H2,1-2H3,(H,65,66). The van der Waals surface area contributed by atoms with E-state index < -0.39 is 75.7 Å². The van der Waals surface area contributed by atoms with Crippen LogP contribution in [0.4, 0.5) is 0 Å². The average Bonchev–Trinajstić information content (AvgIpc) is 3.35. The number of hydrogen-bond acceptors (Lipinski definition) is 12. The molecular weight excluding hydrogens is 924 g/mol. The van der Waals surface area contributed by atoms with Gasteiger partial charge in [0, 0.05) is 12.8 Å². The molecule has 0 radical (unpaired) electrons. The van der Waals surface area contributed by atoms with Gasteiger partial charge in [0.05, 0.1) is 6.61 Å². The Bertz CT molecular complexity index is 1240. The Morgan fingerprint density at radius 2 is 0.634 bits per heavy atom. The molecule has 0 aromatic carbocycles. The number of unbranched alkanes of at least 4 members (excludes halogenated alkanes) is 40. The van der Waals surface area contributed by atoms with E-state index in [0.717, 1.165) is 38.5 Å². The Morgan fingerprint density at radius 1 is 0.380 bits per heavy atom. The molecule has 71 heavy (non-hydrogen) atoms. The number of hydrogen-bond donors (Lipinski definition) is 6. The van der Waals surface area contributed by atoms with Crippen molar-refractivity contribution in [1.82, 2.24) is 0 Å². The third-order valence-electron chi connectivity index (χ3n) is 14.4. The summed E-state index contributed by atoms with van der Waals surface area (Å²) in [7, 11) is -5.12. The highest BCUT2D eigenvalue weighted by Gasteiger charge is 2.51. The topological polar surface area (TPSA) is 210 Å². The quantitative estimate of drug-likeness (QED) is 0.0191. The van der Waals surface area contributed by atoms with Crippen molar-refractivity contribution in [3.63, 3.8) is 0 Å². The summed E-state index contributed by atoms with van der Waals surface area (Å²) in [6.45, 7) is 3.38. The second kappa shape index (κ2) is 47.3. The number of aliphatic hydroxyl groups excluding tert-OH is 5. The van der Waals surface area contributed by atoms with Crippen LogP contribution in [0.2, 0.25) is 0 Å². The van der Waals surface area contributed by atoms with Gasteiger partial charge in [-0.15, -0.1) is 0 Å². The monoisotopic (exact) mass is 1030 g/mol. The normalized spacial score (nSPS) is 20.5. The van der Waals surface area contributed by atoms with Gasteiger partial charge in [-0.05, 0) is 12.8 Å². The molecule has 1 aliphatic rings. The van der Waals surface area contributed by atoms with Gasteiger partial charge in [-0.3, -0.25) is 18.6 Å². The number of aliphatic hydroxyl groups is 5. The van der Waals surface area contributed by atoms with Crippen molar-refractivity contribution in [3.8, 4) is 0 Å². The lowest BCUT2D eigenvalue weighted by Gasteiger charge is -2.41. The SMILES string of the molecule is CCCCCCCCCCCCCCCCCCCCCCCC(=O)OCC(COP(=O)(O)OC1C(O)C(O)C(O)C(O)C1O)OC(=O)CCCCCCCCCCCCCCCCCCCCCCC. The van der Waals surface area contributed by atoms with E-state index in [0.29, 0.717) is 12.8 Å². The van der Waals surface area contributed by atoms with Crippen molar-refractivity contribution in [2.24, 2.45) is 0 Å². The number of esters is 2. The first-order valence-electron chi connectivity index (χ1n) is 29.8. The van der Waals surface area contributed by atoms with Gasteiger partial charge in [0.15, 0.2) is 6.10 Å². The largest absolute Gasteiger partial charge is 0.472 e. The second-order valence-corrected chi connectivity index (χ2v) is 22.6. The zero-order valence-electron chi connectivity index (χ0n) is 45.6. The first kappa shape index (κ1) is 67.9. The third kappa shape index (κ3) is 39.0. The van der Waals surface area contributed by atoms with Crippen LogP contribution in [0.1, 0.15) is 296 Å². The van der Waals surface area contributed by atoms with Gasteiger partial charge < -0.3 is 39.9 Å². The van der Waals surface area contributed by atoms with E-state index in [2.05, 4.69) is 13.8 Å². The van der Waals surface area contributed by atoms with Crippen molar-refractivity contribution < 1.29 is 63.1 Å². The minimum atomic E-state index is -5.12. The van der Waals surface area contributed by atoms with E-state index in [-0.39, 0.29) is 12.8 Å². The molecule has 6 unspecified atom stereocenters. The number of phosphoric ester groups is 1. The summed E-state index contributed by atoms with van der Waals surface area (Å²) < 4.78 is 33.8. The van der Waals surface area contributed by atoms with E-state index in [1.165, 1.54) is 218 Å². The Labute approximate surface area is 433 Å². The molecular formula is C57H111O13P. The van der Waals surface area contributed by atoms with Crippen LogP contribution in [0, 0.1) is 0 Å². The zero-order valence-corrected chi connectivity index (χ0v) is 46.5. The Morgan fingerprint density at radius 3 is 0.930 bits per heavy atom. The summed E-state index contributed by atoms with van der Waals surface area (Å²) in [4.78, 5) is 36.0. The molecule has 0 amide bonds. The van der Waals surface area contributed by atoms with Crippen LogP contribution in [-0.2, 0) is 32.7 Å². The maximum Gasteiger partial charge on any atom is 0.472 e. The van der Waals surface area contributed by atoms with Crippen molar-refractivity contribution in [3.05, 3.63) is 0 Å². The number of carbonyl (C=O) groups excluding carboxylic acids is 2. The molecule has 0 bridgehead atoms.